The van der Waals surface area contributed by atoms with Gasteiger partial charge >= 0.3 is 5.69 Å². The molecule has 15 heavy (non-hydrogen) atoms. The summed E-state index contributed by atoms with van der Waals surface area (Å²) in [4.78, 5) is 24.6. The molecule has 0 amide bonds. The van der Waals surface area contributed by atoms with E-state index in [1.165, 1.54) is 10.8 Å². The monoisotopic (exact) mass is 213 g/mol. The molecule has 0 aliphatic rings. The molecular weight excluding hydrogens is 198 g/mol. The summed E-state index contributed by atoms with van der Waals surface area (Å²) in [6, 6.07) is 0. The zero-order chi connectivity index (χ0) is 11.3. The Morgan fingerprint density at radius 3 is 2.87 bits per heavy atom. The van der Waals surface area contributed by atoms with E-state index in [-0.39, 0.29) is 12.2 Å². The first kappa shape index (κ1) is 11.7. The molecule has 0 atom stereocenters. The van der Waals surface area contributed by atoms with E-state index in [1.54, 1.807) is 6.92 Å². The summed E-state index contributed by atoms with van der Waals surface area (Å²) in [5.74, 6) is 0. The van der Waals surface area contributed by atoms with Crippen molar-refractivity contribution in [3.05, 3.63) is 32.6 Å². The number of hydrogen-bond acceptors (Lipinski definition) is 4. The smallest absolute Gasteiger partial charge is 0.328 e. The van der Waals surface area contributed by atoms with Crippen LogP contribution in [0.3, 0.4) is 0 Å². The Balaban J connectivity index is 2.66. The van der Waals surface area contributed by atoms with Crippen molar-refractivity contribution in [2.24, 2.45) is 0 Å². The summed E-state index contributed by atoms with van der Waals surface area (Å²) < 4.78 is 1.43. The summed E-state index contributed by atoms with van der Waals surface area (Å²) in [6.07, 6.45) is 1.53. The second-order valence-corrected chi connectivity index (χ2v) is 3.24. The zero-order valence-electron chi connectivity index (χ0n) is 8.62. The third-order valence-electron chi connectivity index (χ3n) is 2.01. The van der Waals surface area contributed by atoms with Crippen LogP contribution in [0.4, 0.5) is 0 Å². The fraction of sp³-hybridized carbons (Fsp3) is 0.556. The van der Waals surface area contributed by atoms with Crippen LogP contribution in [-0.2, 0) is 6.54 Å². The number of rotatable bonds is 5. The molecule has 0 saturated heterocycles. The van der Waals surface area contributed by atoms with Gasteiger partial charge in [0, 0.05) is 31.4 Å². The third kappa shape index (κ3) is 3.34. The second-order valence-electron chi connectivity index (χ2n) is 3.24. The zero-order valence-corrected chi connectivity index (χ0v) is 8.62. The topological polar surface area (TPSA) is 87.1 Å². The Hall–Kier alpha value is -1.40. The van der Waals surface area contributed by atoms with E-state index >= 15 is 0 Å². The van der Waals surface area contributed by atoms with E-state index in [4.69, 9.17) is 5.11 Å². The maximum absolute atomic E-state index is 11.3. The molecule has 0 fully saturated rings. The molecule has 1 aromatic rings. The molecule has 6 heteroatoms. The molecule has 1 aromatic heterocycles. The van der Waals surface area contributed by atoms with Crippen molar-refractivity contribution in [3.63, 3.8) is 0 Å². The molecule has 3 N–H and O–H groups in total. The lowest BCUT2D eigenvalue weighted by Crippen LogP contribution is -2.34. The number of H-pyrrole nitrogens is 1. The predicted octanol–water partition coefficient (Wildman–Crippen LogP) is -1.57. The number of aliphatic hydroxyl groups is 1. The predicted molar refractivity (Wildman–Crippen MR) is 56.0 cm³/mol. The minimum Gasteiger partial charge on any atom is -0.395 e. The number of nitrogens with one attached hydrogen (secondary N) is 2. The second kappa shape index (κ2) is 5.47. The average molecular weight is 213 g/mol. The van der Waals surface area contributed by atoms with Gasteiger partial charge in [0.05, 0.1) is 6.61 Å². The quantitative estimate of drug-likeness (QED) is 0.515. The standard InChI is InChI=1S/C9H15N3O3/c1-7-6-12(4-2-10-3-5-13)9(15)11-8(7)14/h6,10,13H,2-5H2,1H3,(H,11,14,15). The van der Waals surface area contributed by atoms with E-state index in [1.807, 2.05) is 0 Å². The van der Waals surface area contributed by atoms with Crippen LogP contribution in [0.25, 0.3) is 0 Å². The maximum atomic E-state index is 11.3. The van der Waals surface area contributed by atoms with Crippen LogP contribution in [0, 0.1) is 6.92 Å². The van der Waals surface area contributed by atoms with Gasteiger partial charge < -0.3 is 10.4 Å². The Bertz CT molecular complexity index is 421. The van der Waals surface area contributed by atoms with Gasteiger partial charge in [0.15, 0.2) is 0 Å². The maximum Gasteiger partial charge on any atom is 0.328 e. The molecule has 0 radical (unpaired) electrons. The van der Waals surface area contributed by atoms with Crippen LogP contribution >= 0.6 is 0 Å². The van der Waals surface area contributed by atoms with Crippen molar-refractivity contribution in [1.29, 1.82) is 0 Å². The van der Waals surface area contributed by atoms with Gasteiger partial charge in [-0.3, -0.25) is 14.3 Å². The number of aromatic amines is 1. The van der Waals surface area contributed by atoms with Crippen molar-refractivity contribution in [2.75, 3.05) is 19.7 Å². The van der Waals surface area contributed by atoms with E-state index in [0.717, 1.165) is 0 Å². The van der Waals surface area contributed by atoms with Crippen LogP contribution in [0.2, 0.25) is 0 Å². The van der Waals surface area contributed by atoms with Gasteiger partial charge in [0.25, 0.3) is 5.56 Å². The van der Waals surface area contributed by atoms with E-state index < -0.39 is 5.69 Å². The van der Waals surface area contributed by atoms with Gasteiger partial charge in [0.2, 0.25) is 0 Å². The van der Waals surface area contributed by atoms with Crippen molar-refractivity contribution < 1.29 is 5.11 Å². The van der Waals surface area contributed by atoms with E-state index in [0.29, 0.717) is 25.2 Å². The summed E-state index contributed by atoms with van der Waals surface area (Å²) in [7, 11) is 0. The fourth-order valence-electron chi connectivity index (χ4n) is 1.19. The van der Waals surface area contributed by atoms with Gasteiger partial charge in [-0.15, -0.1) is 0 Å². The lowest BCUT2D eigenvalue weighted by atomic mass is 10.4. The first-order chi connectivity index (χ1) is 7.15. The van der Waals surface area contributed by atoms with Crippen molar-refractivity contribution in [3.8, 4) is 0 Å². The van der Waals surface area contributed by atoms with Crippen LogP contribution in [0.1, 0.15) is 5.56 Å². The minimum absolute atomic E-state index is 0.0690. The van der Waals surface area contributed by atoms with E-state index in [9.17, 15) is 9.59 Å². The normalized spacial score (nSPS) is 10.5. The molecule has 0 aliphatic heterocycles. The van der Waals surface area contributed by atoms with Crippen LogP contribution < -0.4 is 16.6 Å². The SMILES string of the molecule is Cc1cn(CCNCCO)c(=O)[nH]c1=O. The minimum atomic E-state index is -0.406. The highest BCUT2D eigenvalue weighted by molar-refractivity contribution is 5.00. The summed E-state index contributed by atoms with van der Waals surface area (Å²) in [5.41, 5.74) is -0.243. The summed E-state index contributed by atoms with van der Waals surface area (Å²) in [5, 5.41) is 11.5. The van der Waals surface area contributed by atoms with Crippen LogP contribution in [-0.4, -0.2) is 34.4 Å². The highest BCUT2D eigenvalue weighted by atomic mass is 16.3. The molecule has 0 saturated carbocycles. The Morgan fingerprint density at radius 2 is 2.20 bits per heavy atom. The molecule has 0 aromatic carbocycles. The van der Waals surface area contributed by atoms with Crippen LogP contribution in [0.15, 0.2) is 15.8 Å². The molecule has 84 valence electrons. The Labute approximate surface area is 86.6 Å². The van der Waals surface area contributed by atoms with E-state index in [2.05, 4.69) is 10.3 Å². The molecule has 0 bridgehead atoms. The van der Waals surface area contributed by atoms with Crippen molar-refractivity contribution in [1.82, 2.24) is 14.9 Å². The highest BCUT2D eigenvalue weighted by Crippen LogP contribution is 1.83. The lowest BCUT2D eigenvalue weighted by molar-refractivity contribution is 0.291. The number of aryl methyl sites for hydroxylation is 1. The van der Waals surface area contributed by atoms with Crippen molar-refractivity contribution in [2.45, 2.75) is 13.5 Å². The summed E-state index contributed by atoms with van der Waals surface area (Å²) >= 11 is 0. The van der Waals surface area contributed by atoms with Gasteiger partial charge in [-0.1, -0.05) is 0 Å². The molecule has 0 spiro atoms. The van der Waals surface area contributed by atoms with Gasteiger partial charge in [-0.25, -0.2) is 4.79 Å². The van der Waals surface area contributed by atoms with Gasteiger partial charge in [0.1, 0.15) is 0 Å². The first-order valence-electron chi connectivity index (χ1n) is 4.77. The molecule has 1 heterocycles. The van der Waals surface area contributed by atoms with Gasteiger partial charge in [-0.05, 0) is 6.92 Å². The first-order valence-corrected chi connectivity index (χ1v) is 4.77. The Kier molecular flexibility index (Phi) is 4.26. The third-order valence-corrected chi connectivity index (χ3v) is 2.01. The van der Waals surface area contributed by atoms with Crippen molar-refractivity contribution >= 4 is 0 Å². The highest BCUT2D eigenvalue weighted by Gasteiger charge is 1.99. The molecule has 1 rings (SSSR count). The van der Waals surface area contributed by atoms with Gasteiger partial charge in [-0.2, -0.15) is 0 Å². The largest absolute Gasteiger partial charge is 0.395 e. The molecule has 6 nitrogen and oxygen atoms in total. The molecular formula is C9H15N3O3. The average Bonchev–Trinajstić information content (AvgIpc) is 2.20. The lowest BCUT2D eigenvalue weighted by Gasteiger charge is -2.06. The Morgan fingerprint density at radius 1 is 1.47 bits per heavy atom. The fourth-order valence-corrected chi connectivity index (χ4v) is 1.19. The number of hydrogen-bond donors (Lipinski definition) is 3. The summed E-state index contributed by atoms with van der Waals surface area (Å²) in [6.45, 7) is 3.26. The number of aliphatic hydroxyl groups excluding tert-OH is 1. The number of nitrogens with zero attached hydrogens (tertiary/aromatic N) is 1. The molecule has 0 aliphatic carbocycles. The molecule has 0 unspecified atom stereocenters. The van der Waals surface area contributed by atoms with Crippen LogP contribution in [0.5, 0.6) is 0 Å². The number of aromatic nitrogens is 2.